The Morgan fingerprint density at radius 3 is 2.67 bits per heavy atom. The molecule has 126 valence electrons. The van der Waals surface area contributed by atoms with Gasteiger partial charge in [0.2, 0.25) is 0 Å². The van der Waals surface area contributed by atoms with E-state index in [-0.39, 0.29) is 11.6 Å². The summed E-state index contributed by atoms with van der Waals surface area (Å²) in [5.74, 6) is 0.166. The van der Waals surface area contributed by atoms with Gasteiger partial charge in [0.1, 0.15) is 27.3 Å². The largest absolute Gasteiger partial charge is 0.487 e. The fraction of sp³-hybridized carbons (Fsp3) is 0.389. The molecule has 0 unspecified atom stereocenters. The van der Waals surface area contributed by atoms with Gasteiger partial charge in [0.05, 0.1) is 17.9 Å². The average molecular weight is 344 g/mol. The first kappa shape index (κ1) is 18.0. The van der Waals surface area contributed by atoms with Crippen LogP contribution in [0.3, 0.4) is 0 Å². The maximum atomic E-state index is 11.9. The van der Waals surface area contributed by atoms with E-state index in [9.17, 15) is 10.1 Å². The maximum Gasteiger partial charge on any atom is 0.350 e. The lowest BCUT2D eigenvalue weighted by atomic mass is 10.1. The van der Waals surface area contributed by atoms with Crippen molar-refractivity contribution in [2.24, 2.45) is 0 Å². The molecule has 0 aliphatic heterocycles. The number of esters is 1. The predicted octanol–water partition coefficient (Wildman–Crippen LogP) is 4.34. The number of aromatic nitrogens is 1. The van der Waals surface area contributed by atoms with Crippen molar-refractivity contribution in [3.05, 3.63) is 34.3 Å². The molecule has 0 saturated heterocycles. The Labute approximate surface area is 145 Å². The third-order valence-corrected chi connectivity index (χ3v) is 4.21. The van der Waals surface area contributed by atoms with Gasteiger partial charge in [-0.2, -0.15) is 5.26 Å². The van der Waals surface area contributed by atoms with Gasteiger partial charge in [-0.25, -0.2) is 9.78 Å². The van der Waals surface area contributed by atoms with E-state index in [1.807, 2.05) is 26.8 Å². The summed E-state index contributed by atoms with van der Waals surface area (Å²) in [6.07, 6.45) is 0. The summed E-state index contributed by atoms with van der Waals surface area (Å²) in [7, 11) is 0. The number of carbonyl (C=O) groups excluding carboxylic acids is 1. The standard InChI is InChI=1S/C18H20N2O3S/c1-6-22-17(21)15-11(2)20-16(24-15)12-7-8-14(13(9-12)10-19)23-18(3,4)5/h7-9H,6H2,1-5H3. The van der Waals surface area contributed by atoms with Crippen LogP contribution in [0.15, 0.2) is 18.2 Å². The van der Waals surface area contributed by atoms with Crippen LogP contribution >= 0.6 is 11.3 Å². The molecule has 0 bridgehead atoms. The molecule has 1 aromatic carbocycles. The van der Waals surface area contributed by atoms with Crippen molar-refractivity contribution in [2.75, 3.05) is 6.61 Å². The van der Waals surface area contributed by atoms with Gasteiger partial charge in [-0.1, -0.05) is 0 Å². The van der Waals surface area contributed by atoms with E-state index in [4.69, 9.17) is 9.47 Å². The molecular formula is C18H20N2O3S. The van der Waals surface area contributed by atoms with E-state index in [0.29, 0.717) is 33.5 Å². The summed E-state index contributed by atoms with van der Waals surface area (Å²) in [5.41, 5.74) is 1.45. The second-order valence-corrected chi connectivity index (χ2v) is 7.19. The molecule has 2 aromatic rings. The molecule has 6 heteroatoms. The fourth-order valence-corrected chi connectivity index (χ4v) is 3.03. The molecule has 0 atom stereocenters. The summed E-state index contributed by atoms with van der Waals surface area (Å²) >= 11 is 1.26. The van der Waals surface area contributed by atoms with Crippen LogP contribution in [-0.2, 0) is 4.74 Å². The molecule has 0 N–H and O–H groups in total. The molecule has 0 radical (unpaired) electrons. The summed E-state index contributed by atoms with van der Waals surface area (Å²) in [4.78, 5) is 16.8. The van der Waals surface area contributed by atoms with Gasteiger partial charge >= 0.3 is 5.97 Å². The van der Waals surface area contributed by atoms with E-state index >= 15 is 0 Å². The first-order valence-electron chi connectivity index (χ1n) is 7.63. The SMILES string of the molecule is CCOC(=O)c1sc(-c2ccc(OC(C)(C)C)c(C#N)c2)nc1C. The molecular weight excluding hydrogens is 324 g/mol. The first-order chi connectivity index (χ1) is 11.2. The van der Waals surface area contributed by atoms with Crippen molar-refractivity contribution in [1.82, 2.24) is 4.98 Å². The molecule has 0 aliphatic rings. The van der Waals surface area contributed by atoms with Gasteiger partial charge in [-0.15, -0.1) is 11.3 Å². The second-order valence-electron chi connectivity index (χ2n) is 6.19. The highest BCUT2D eigenvalue weighted by atomic mass is 32.1. The summed E-state index contributed by atoms with van der Waals surface area (Å²) in [6.45, 7) is 9.65. The lowest BCUT2D eigenvalue weighted by Gasteiger charge is -2.22. The van der Waals surface area contributed by atoms with Crippen molar-refractivity contribution in [3.63, 3.8) is 0 Å². The third kappa shape index (κ3) is 4.12. The predicted molar refractivity (Wildman–Crippen MR) is 93.3 cm³/mol. The van der Waals surface area contributed by atoms with Crippen molar-refractivity contribution < 1.29 is 14.3 Å². The van der Waals surface area contributed by atoms with E-state index in [1.165, 1.54) is 11.3 Å². The van der Waals surface area contributed by atoms with Gasteiger partial charge in [-0.3, -0.25) is 0 Å². The van der Waals surface area contributed by atoms with Gasteiger partial charge in [0, 0.05) is 5.56 Å². The molecule has 0 saturated carbocycles. The Kier molecular flexibility index (Phi) is 5.25. The number of rotatable bonds is 4. The average Bonchev–Trinajstić information content (AvgIpc) is 2.88. The Balaban J connectivity index is 2.39. The molecule has 1 aromatic heterocycles. The lowest BCUT2D eigenvalue weighted by molar-refractivity contribution is 0.0531. The molecule has 0 amide bonds. The van der Waals surface area contributed by atoms with Crippen LogP contribution in [0.25, 0.3) is 10.6 Å². The number of nitriles is 1. The zero-order valence-corrected chi connectivity index (χ0v) is 15.3. The van der Waals surface area contributed by atoms with Gasteiger partial charge < -0.3 is 9.47 Å². The molecule has 5 nitrogen and oxygen atoms in total. The Morgan fingerprint density at radius 1 is 1.38 bits per heavy atom. The highest BCUT2D eigenvalue weighted by Gasteiger charge is 2.19. The van der Waals surface area contributed by atoms with Crippen LogP contribution in [0, 0.1) is 18.3 Å². The number of carbonyl (C=O) groups is 1. The zero-order valence-electron chi connectivity index (χ0n) is 14.5. The Hall–Kier alpha value is -2.39. The van der Waals surface area contributed by atoms with Gasteiger partial charge in [0.25, 0.3) is 0 Å². The Bertz CT molecular complexity index is 798. The minimum Gasteiger partial charge on any atom is -0.487 e. The summed E-state index contributed by atoms with van der Waals surface area (Å²) in [6, 6.07) is 7.49. The molecule has 0 aliphatic carbocycles. The lowest BCUT2D eigenvalue weighted by Crippen LogP contribution is -2.23. The van der Waals surface area contributed by atoms with Crippen LogP contribution in [0.4, 0.5) is 0 Å². The summed E-state index contributed by atoms with van der Waals surface area (Å²) < 4.78 is 10.8. The van der Waals surface area contributed by atoms with Crippen LogP contribution in [0.5, 0.6) is 5.75 Å². The number of aryl methyl sites for hydroxylation is 1. The zero-order chi connectivity index (χ0) is 17.9. The minimum atomic E-state index is -0.387. The molecule has 24 heavy (non-hydrogen) atoms. The highest BCUT2D eigenvalue weighted by molar-refractivity contribution is 7.17. The fourth-order valence-electron chi connectivity index (χ4n) is 2.08. The van der Waals surface area contributed by atoms with E-state index in [1.54, 1.807) is 26.0 Å². The normalized spacial score (nSPS) is 11.0. The van der Waals surface area contributed by atoms with Crippen LogP contribution in [-0.4, -0.2) is 23.2 Å². The van der Waals surface area contributed by atoms with Gasteiger partial charge in [0.15, 0.2) is 0 Å². The molecule has 1 heterocycles. The number of nitrogens with zero attached hydrogens (tertiary/aromatic N) is 2. The Morgan fingerprint density at radius 2 is 2.08 bits per heavy atom. The van der Waals surface area contributed by atoms with E-state index < -0.39 is 0 Å². The topological polar surface area (TPSA) is 72.2 Å². The number of ether oxygens (including phenoxy) is 2. The number of hydrogen-bond donors (Lipinski definition) is 0. The van der Waals surface area contributed by atoms with Crippen molar-refractivity contribution in [1.29, 1.82) is 5.26 Å². The van der Waals surface area contributed by atoms with Crippen LogP contribution in [0.2, 0.25) is 0 Å². The van der Waals surface area contributed by atoms with Crippen molar-refractivity contribution >= 4 is 17.3 Å². The van der Waals surface area contributed by atoms with Crippen LogP contribution in [0.1, 0.15) is 48.6 Å². The third-order valence-electron chi connectivity index (χ3n) is 3.02. The minimum absolute atomic E-state index is 0.322. The number of benzene rings is 1. The van der Waals surface area contributed by atoms with E-state index in [2.05, 4.69) is 11.1 Å². The smallest absolute Gasteiger partial charge is 0.350 e. The quantitative estimate of drug-likeness (QED) is 0.771. The van der Waals surface area contributed by atoms with E-state index in [0.717, 1.165) is 5.56 Å². The van der Waals surface area contributed by atoms with Crippen molar-refractivity contribution in [2.45, 2.75) is 40.2 Å². The molecule has 0 fully saturated rings. The molecule has 2 rings (SSSR count). The number of thiazole rings is 1. The highest BCUT2D eigenvalue weighted by Crippen LogP contribution is 2.32. The molecule has 0 spiro atoms. The van der Waals surface area contributed by atoms with Gasteiger partial charge in [-0.05, 0) is 52.8 Å². The maximum absolute atomic E-state index is 11.9. The monoisotopic (exact) mass is 344 g/mol. The van der Waals surface area contributed by atoms with Crippen LogP contribution < -0.4 is 4.74 Å². The summed E-state index contributed by atoms with van der Waals surface area (Å²) in [5, 5.41) is 10.1. The van der Waals surface area contributed by atoms with Crippen molar-refractivity contribution in [3.8, 4) is 22.4 Å². The number of hydrogen-bond acceptors (Lipinski definition) is 6. The first-order valence-corrected chi connectivity index (χ1v) is 8.45. The second kappa shape index (κ2) is 7.02.